The number of nitrogens with one attached hydrogen (secondary N) is 1. The van der Waals surface area contributed by atoms with Gasteiger partial charge in [0.15, 0.2) is 0 Å². The molecule has 2 amide bonds. The maximum absolute atomic E-state index is 13.2. The van der Waals surface area contributed by atoms with Gasteiger partial charge in [0.1, 0.15) is 11.8 Å². The van der Waals surface area contributed by atoms with Gasteiger partial charge in [0, 0.05) is 17.1 Å². The minimum Gasteiger partial charge on any atom is -0.497 e. The highest BCUT2D eigenvalue weighted by molar-refractivity contribution is 6.31. The van der Waals surface area contributed by atoms with Crippen molar-refractivity contribution in [1.82, 2.24) is 10.2 Å². The molecule has 2 rings (SSSR count). The van der Waals surface area contributed by atoms with Gasteiger partial charge in [-0.2, -0.15) is 0 Å². The number of carbonyl (C=O) groups excluding carboxylic acids is 2. The summed E-state index contributed by atoms with van der Waals surface area (Å²) in [6, 6.07) is 14.1. The molecule has 0 aliphatic heterocycles. The van der Waals surface area contributed by atoms with Crippen LogP contribution in [0, 0.1) is 0 Å². The predicted octanol–water partition coefficient (Wildman–Crippen LogP) is 4.22. The van der Waals surface area contributed by atoms with Gasteiger partial charge in [0.25, 0.3) is 0 Å². The first kappa shape index (κ1) is 22.8. The number of hydrogen-bond donors (Lipinski definition) is 1. The molecule has 1 unspecified atom stereocenters. The van der Waals surface area contributed by atoms with Crippen molar-refractivity contribution in [3.8, 4) is 5.75 Å². The Morgan fingerprint density at radius 3 is 2.28 bits per heavy atom. The Bertz CT molecular complexity index is 844. The Kier molecular flexibility index (Phi) is 7.68. The van der Waals surface area contributed by atoms with Crippen molar-refractivity contribution in [3.05, 3.63) is 64.7 Å². The van der Waals surface area contributed by atoms with E-state index in [0.29, 0.717) is 11.6 Å². The van der Waals surface area contributed by atoms with E-state index in [-0.39, 0.29) is 23.8 Å². The van der Waals surface area contributed by atoms with Gasteiger partial charge in [0.2, 0.25) is 11.8 Å². The molecule has 156 valence electrons. The number of ether oxygens (including phenoxy) is 1. The van der Waals surface area contributed by atoms with E-state index >= 15 is 0 Å². The average molecular weight is 417 g/mol. The van der Waals surface area contributed by atoms with Crippen LogP contribution in [0.15, 0.2) is 48.5 Å². The highest BCUT2D eigenvalue weighted by Crippen LogP contribution is 2.19. The van der Waals surface area contributed by atoms with Gasteiger partial charge in [0.05, 0.1) is 13.5 Å². The van der Waals surface area contributed by atoms with Crippen molar-refractivity contribution in [2.45, 2.75) is 52.2 Å². The molecule has 0 saturated carbocycles. The molecule has 6 heteroatoms. The molecular weight excluding hydrogens is 388 g/mol. The van der Waals surface area contributed by atoms with Crippen LogP contribution in [0.3, 0.4) is 0 Å². The molecule has 0 aliphatic carbocycles. The summed E-state index contributed by atoms with van der Waals surface area (Å²) in [6.07, 6.45) is 0.128. The second-order valence-electron chi connectivity index (χ2n) is 8.05. The Morgan fingerprint density at radius 1 is 1.10 bits per heavy atom. The van der Waals surface area contributed by atoms with Crippen molar-refractivity contribution in [3.63, 3.8) is 0 Å². The lowest BCUT2D eigenvalue weighted by molar-refractivity contribution is -0.140. The number of nitrogens with zero attached hydrogens (tertiary/aromatic N) is 1. The van der Waals surface area contributed by atoms with Crippen molar-refractivity contribution < 1.29 is 14.3 Å². The number of carbonyl (C=O) groups is 2. The smallest absolute Gasteiger partial charge is 0.242 e. The van der Waals surface area contributed by atoms with Crippen molar-refractivity contribution in [2.24, 2.45) is 0 Å². The van der Waals surface area contributed by atoms with Crippen LogP contribution in [0.2, 0.25) is 5.02 Å². The Balaban J connectivity index is 2.26. The first-order valence-electron chi connectivity index (χ1n) is 9.58. The second-order valence-corrected chi connectivity index (χ2v) is 8.46. The molecule has 0 radical (unpaired) electrons. The zero-order chi connectivity index (χ0) is 21.6. The van der Waals surface area contributed by atoms with Crippen LogP contribution in [0.25, 0.3) is 0 Å². The van der Waals surface area contributed by atoms with Gasteiger partial charge in [-0.05, 0) is 57.0 Å². The summed E-state index contributed by atoms with van der Waals surface area (Å²) >= 11 is 6.23. The summed E-state index contributed by atoms with van der Waals surface area (Å²) in [4.78, 5) is 27.5. The van der Waals surface area contributed by atoms with Crippen LogP contribution in [0.5, 0.6) is 5.75 Å². The van der Waals surface area contributed by atoms with E-state index in [4.69, 9.17) is 16.3 Å². The van der Waals surface area contributed by atoms with Crippen molar-refractivity contribution >= 4 is 23.4 Å². The monoisotopic (exact) mass is 416 g/mol. The van der Waals surface area contributed by atoms with Crippen LogP contribution < -0.4 is 10.1 Å². The third-order valence-corrected chi connectivity index (χ3v) is 4.85. The number of rotatable bonds is 7. The van der Waals surface area contributed by atoms with Crippen LogP contribution in [0.4, 0.5) is 0 Å². The van der Waals surface area contributed by atoms with Gasteiger partial charge >= 0.3 is 0 Å². The number of benzene rings is 2. The van der Waals surface area contributed by atoms with E-state index in [1.165, 1.54) is 0 Å². The molecule has 1 N–H and O–H groups in total. The number of hydrogen-bond acceptors (Lipinski definition) is 3. The zero-order valence-electron chi connectivity index (χ0n) is 17.7. The fourth-order valence-corrected chi connectivity index (χ4v) is 3.09. The van der Waals surface area contributed by atoms with Crippen LogP contribution in [0.1, 0.15) is 38.8 Å². The summed E-state index contributed by atoms with van der Waals surface area (Å²) < 4.78 is 5.19. The topological polar surface area (TPSA) is 58.6 Å². The maximum Gasteiger partial charge on any atom is 0.242 e. The second kappa shape index (κ2) is 9.79. The largest absolute Gasteiger partial charge is 0.497 e. The fraction of sp³-hybridized carbons (Fsp3) is 0.391. The summed E-state index contributed by atoms with van der Waals surface area (Å²) in [6.45, 7) is 7.80. The van der Waals surface area contributed by atoms with Gasteiger partial charge in [-0.25, -0.2) is 0 Å². The molecule has 0 fully saturated rings. The molecule has 0 spiro atoms. The lowest BCUT2D eigenvalue weighted by atomic mass is 10.1. The van der Waals surface area contributed by atoms with E-state index in [0.717, 1.165) is 16.9 Å². The van der Waals surface area contributed by atoms with E-state index in [1.807, 2.05) is 63.2 Å². The third-order valence-electron chi connectivity index (χ3n) is 4.48. The Labute approximate surface area is 178 Å². The third kappa shape index (κ3) is 6.79. The van der Waals surface area contributed by atoms with E-state index in [1.54, 1.807) is 25.0 Å². The van der Waals surface area contributed by atoms with Gasteiger partial charge < -0.3 is 15.0 Å². The Morgan fingerprint density at radius 2 is 1.72 bits per heavy atom. The molecule has 29 heavy (non-hydrogen) atoms. The van der Waals surface area contributed by atoms with Gasteiger partial charge in [-0.3, -0.25) is 9.59 Å². The first-order valence-corrected chi connectivity index (χ1v) is 9.96. The lowest BCUT2D eigenvalue weighted by Gasteiger charge is -2.31. The molecule has 2 aromatic carbocycles. The molecule has 2 aromatic rings. The normalized spacial score (nSPS) is 12.2. The minimum absolute atomic E-state index is 0.128. The summed E-state index contributed by atoms with van der Waals surface area (Å²) in [7, 11) is 1.60. The van der Waals surface area contributed by atoms with Crippen LogP contribution >= 0.6 is 11.6 Å². The summed E-state index contributed by atoms with van der Waals surface area (Å²) in [5, 5.41) is 3.49. The van der Waals surface area contributed by atoms with Gasteiger partial charge in [-0.15, -0.1) is 0 Å². The molecule has 0 heterocycles. The lowest BCUT2D eigenvalue weighted by Crippen LogP contribution is -2.52. The van der Waals surface area contributed by atoms with Crippen molar-refractivity contribution in [2.75, 3.05) is 7.11 Å². The predicted molar refractivity (Wildman–Crippen MR) is 116 cm³/mol. The average Bonchev–Trinajstić information content (AvgIpc) is 2.66. The minimum atomic E-state index is -0.633. The van der Waals surface area contributed by atoms with Gasteiger partial charge in [-0.1, -0.05) is 41.9 Å². The standard InChI is InChI=1S/C23H29ClN2O3/c1-16(22(28)25-23(2,3)4)26(15-17-10-12-19(29-5)13-11-17)21(27)14-18-8-6-7-9-20(18)24/h6-13,16H,14-15H2,1-5H3,(H,25,28). The number of amides is 2. The zero-order valence-corrected chi connectivity index (χ0v) is 18.4. The first-order chi connectivity index (χ1) is 13.6. The fourth-order valence-electron chi connectivity index (χ4n) is 2.89. The Hall–Kier alpha value is -2.53. The SMILES string of the molecule is COc1ccc(CN(C(=O)Cc2ccccc2Cl)C(C)C(=O)NC(C)(C)C)cc1. The number of halogens is 1. The highest BCUT2D eigenvalue weighted by Gasteiger charge is 2.28. The molecular formula is C23H29ClN2O3. The van der Waals surface area contributed by atoms with Crippen molar-refractivity contribution in [1.29, 1.82) is 0 Å². The molecule has 0 aromatic heterocycles. The molecule has 5 nitrogen and oxygen atoms in total. The van der Waals surface area contributed by atoms with E-state index in [2.05, 4.69) is 5.32 Å². The van der Waals surface area contributed by atoms with Crippen LogP contribution in [-0.2, 0) is 22.6 Å². The molecule has 0 saturated heterocycles. The molecule has 1 atom stereocenters. The van der Waals surface area contributed by atoms with E-state index < -0.39 is 6.04 Å². The molecule has 0 aliphatic rings. The summed E-state index contributed by atoms with van der Waals surface area (Å²) in [5.41, 5.74) is 1.26. The van der Waals surface area contributed by atoms with Crippen LogP contribution in [-0.4, -0.2) is 35.4 Å². The van der Waals surface area contributed by atoms with E-state index in [9.17, 15) is 9.59 Å². The molecule has 0 bridgehead atoms. The highest BCUT2D eigenvalue weighted by atomic mass is 35.5. The summed E-state index contributed by atoms with van der Waals surface area (Å²) in [5.74, 6) is 0.380. The maximum atomic E-state index is 13.2. The quantitative estimate of drug-likeness (QED) is 0.735. The number of methoxy groups -OCH3 is 1.